The first-order valence-corrected chi connectivity index (χ1v) is 7.99. The first-order chi connectivity index (χ1) is 12.6. The molecule has 0 bridgehead atoms. The van der Waals surface area contributed by atoms with Crippen molar-refractivity contribution in [3.63, 3.8) is 0 Å². The largest absolute Gasteiger partial charge is 0.504 e. The maximum Gasteiger partial charge on any atom is 0.200 e. The number of nitrogens with one attached hydrogen (secondary N) is 1. The Morgan fingerprint density at radius 3 is 2.58 bits per heavy atom. The van der Waals surface area contributed by atoms with E-state index in [1.165, 1.54) is 12.1 Å². The van der Waals surface area contributed by atoms with Gasteiger partial charge in [0.05, 0.1) is 6.20 Å². The van der Waals surface area contributed by atoms with Gasteiger partial charge in [0.25, 0.3) is 0 Å². The predicted octanol–water partition coefficient (Wildman–Crippen LogP) is 3.13. The SMILES string of the molecule is Oc1ccc(-c2nc3cnccn3c2NCc2ccccc2)c(O)c1O. The van der Waals surface area contributed by atoms with Crippen LogP contribution in [-0.4, -0.2) is 29.7 Å². The second-order valence-corrected chi connectivity index (χ2v) is 5.78. The van der Waals surface area contributed by atoms with Gasteiger partial charge in [-0.25, -0.2) is 4.98 Å². The highest BCUT2D eigenvalue weighted by Crippen LogP contribution is 2.43. The number of anilines is 1. The summed E-state index contributed by atoms with van der Waals surface area (Å²) >= 11 is 0. The van der Waals surface area contributed by atoms with Crippen molar-refractivity contribution in [2.45, 2.75) is 6.54 Å². The lowest BCUT2D eigenvalue weighted by molar-refractivity contribution is 0.369. The number of imidazole rings is 1. The standard InChI is InChI=1S/C19H16N4O3/c24-14-7-6-13(17(25)18(14)26)16-19(21-10-12-4-2-1-3-5-12)23-9-8-20-11-15(23)22-16/h1-9,11,21,24-26H,10H2. The molecule has 7 nitrogen and oxygen atoms in total. The van der Waals surface area contributed by atoms with E-state index in [9.17, 15) is 15.3 Å². The van der Waals surface area contributed by atoms with E-state index in [0.29, 0.717) is 29.3 Å². The third kappa shape index (κ3) is 2.65. The van der Waals surface area contributed by atoms with Crippen LogP contribution in [0.2, 0.25) is 0 Å². The molecule has 0 aliphatic carbocycles. The van der Waals surface area contributed by atoms with Gasteiger partial charge in [-0.3, -0.25) is 9.38 Å². The Morgan fingerprint density at radius 1 is 0.962 bits per heavy atom. The van der Waals surface area contributed by atoms with E-state index in [-0.39, 0.29) is 0 Å². The van der Waals surface area contributed by atoms with E-state index in [4.69, 9.17) is 0 Å². The fraction of sp³-hybridized carbons (Fsp3) is 0.0526. The topological polar surface area (TPSA) is 103 Å². The zero-order chi connectivity index (χ0) is 18.1. The predicted molar refractivity (Wildman–Crippen MR) is 97.2 cm³/mol. The van der Waals surface area contributed by atoms with Crippen molar-refractivity contribution in [1.82, 2.24) is 14.4 Å². The lowest BCUT2D eigenvalue weighted by Gasteiger charge is -2.11. The van der Waals surface area contributed by atoms with Crippen molar-refractivity contribution in [3.05, 3.63) is 66.6 Å². The Balaban J connectivity index is 1.83. The molecule has 2 aromatic heterocycles. The molecule has 0 fully saturated rings. The molecule has 0 unspecified atom stereocenters. The Hall–Kier alpha value is -3.74. The lowest BCUT2D eigenvalue weighted by atomic mass is 10.1. The van der Waals surface area contributed by atoms with Gasteiger partial charge in [0.15, 0.2) is 17.1 Å². The minimum absolute atomic E-state index is 0.305. The highest BCUT2D eigenvalue weighted by atomic mass is 16.3. The van der Waals surface area contributed by atoms with E-state index in [1.54, 1.807) is 18.6 Å². The molecule has 0 amide bonds. The van der Waals surface area contributed by atoms with Crippen molar-refractivity contribution >= 4 is 11.5 Å². The summed E-state index contributed by atoms with van der Waals surface area (Å²) in [6.07, 6.45) is 5.01. The molecule has 0 atom stereocenters. The zero-order valence-electron chi connectivity index (χ0n) is 13.7. The van der Waals surface area contributed by atoms with Crippen molar-refractivity contribution in [3.8, 4) is 28.5 Å². The van der Waals surface area contributed by atoms with E-state index in [1.807, 2.05) is 34.7 Å². The van der Waals surface area contributed by atoms with Crippen LogP contribution < -0.4 is 5.32 Å². The molecule has 0 saturated carbocycles. The van der Waals surface area contributed by atoms with E-state index in [2.05, 4.69) is 15.3 Å². The maximum absolute atomic E-state index is 10.3. The van der Waals surface area contributed by atoms with Gasteiger partial charge in [0.2, 0.25) is 5.75 Å². The van der Waals surface area contributed by atoms with Crippen LogP contribution in [0.3, 0.4) is 0 Å². The molecule has 4 N–H and O–H groups in total. The monoisotopic (exact) mass is 348 g/mol. The van der Waals surface area contributed by atoms with Crippen LogP contribution >= 0.6 is 0 Å². The number of phenols is 3. The van der Waals surface area contributed by atoms with Crippen LogP contribution in [-0.2, 0) is 6.54 Å². The summed E-state index contributed by atoms with van der Waals surface area (Å²) in [6, 6.07) is 12.7. The molecule has 4 aromatic rings. The quantitative estimate of drug-likeness (QED) is 0.423. The molecule has 7 heteroatoms. The number of nitrogens with zero attached hydrogens (tertiary/aromatic N) is 3. The average Bonchev–Trinajstić information content (AvgIpc) is 3.04. The van der Waals surface area contributed by atoms with Gasteiger partial charge in [-0.05, 0) is 17.7 Å². The summed E-state index contributed by atoms with van der Waals surface area (Å²) in [5, 5.41) is 33.0. The zero-order valence-corrected chi connectivity index (χ0v) is 13.7. The van der Waals surface area contributed by atoms with Crippen molar-refractivity contribution in [2.75, 3.05) is 5.32 Å². The molecule has 0 aliphatic rings. The van der Waals surface area contributed by atoms with Gasteiger partial charge in [-0.2, -0.15) is 0 Å². The lowest BCUT2D eigenvalue weighted by Crippen LogP contribution is -2.03. The maximum atomic E-state index is 10.3. The minimum Gasteiger partial charge on any atom is -0.504 e. The van der Waals surface area contributed by atoms with Crippen LogP contribution in [0.25, 0.3) is 16.9 Å². The van der Waals surface area contributed by atoms with Gasteiger partial charge in [0.1, 0.15) is 11.5 Å². The molecule has 0 aliphatic heterocycles. The van der Waals surface area contributed by atoms with E-state index < -0.39 is 17.2 Å². The summed E-state index contributed by atoms with van der Waals surface area (Å²) in [6.45, 7) is 0.550. The fourth-order valence-corrected chi connectivity index (χ4v) is 2.81. The van der Waals surface area contributed by atoms with Crippen LogP contribution in [0, 0.1) is 0 Å². The van der Waals surface area contributed by atoms with E-state index >= 15 is 0 Å². The number of hydrogen-bond donors (Lipinski definition) is 4. The fourth-order valence-electron chi connectivity index (χ4n) is 2.81. The number of hydrogen-bond acceptors (Lipinski definition) is 6. The van der Waals surface area contributed by atoms with Crippen LogP contribution in [0.5, 0.6) is 17.2 Å². The van der Waals surface area contributed by atoms with Gasteiger partial charge >= 0.3 is 0 Å². The second-order valence-electron chi connectivity index (χ2n) is 5.78. The number of phenolic OH excluding ortho intramolecular Hbond substituents is 3. The summed E-state index contributed by atoms with van der Waals surface area (Å²) in [5.41, 5.74) is 2.42. The first kappa shape index (κ1) is 15.8. The molecule has 26 heavy (non-hydrogen) atoms. The molecular formula is C19H16N4O3. The van der Waals surface area contributed by atoms with Crippen molar-refractivity contribution < 1.29 is 15.3 Å². The smallest absolute Gasteiger partial charge is 0.200 e. The third-order valence-electron chi connectivity index (χ3n) is 4.12. The molecule has 0 saturated heterocycles. The van der Waals surface area contributed by atoms with Gasteiger partial charge in [-0.15, -0.1) is 0 Å². The molecule has 0 spiro atoms. The first-order valence-electron chi connectivity index (χ1n) is 7.99. The normalized spacial score (nSPS) is 10.9. The molecule has 0 radical (unpaired) electrons. The average molecular weight is 348 g/mol. The Kier molecular flexibility index (Phi) is 3.81. The van der Waals surface area contributed by atoms with Gasteiger partial charge in [0, 0.05) is 24.5 Å². The van der Waals surface area contributed by atoms with Crippen LogP contribution in [0.15, 0.2) is 61.1 Å². The minimum atomic E-state index is -0.577. The summed E-state index contributed by atoms with van der Waals surface area (Å²) in [4.78, 5) is 8.58. The summed E-state index contributed by atoms with van der Waals surface area (Å²) in [7, 11) is 0. The third-order valence-corrected chi connectivity index (χ3v) is 4.12. The molecule has 4 rings (SSSR count). The number of aromatic nitrogens is 3. The Bertz CT molecular complexity index is 1080. The van der Waals surface area contributed by atoms with Crippen LogP contribution in [0.1, 0.15) is 5.56 Å². The van der Waals surface area contributed by atoms with Crippen molar-refractivity contribution in [2.24, 2.45) is 0 Å². The molecule has 130 valence electrons. The molecule has 2 aromatic carbocycles. The summed E-state index contributed by atoms with van der Waals surface area (Å²) < 4.78 is 1.81. The Labute approximate surface area is 148 Å². The van der Waals surface area contributed by atoms with Gasteiger partial charge in [-0.1, -0.05) is 30.3 Å². The number of fused-ring (bicyclic) bond motifs is 1. The van der Waals surface area contributed by atoms with Crippen LogP contribution in [0.4, 0.5) is 5.82 Å². The number of benzene rings is 2. The highest BCUT2D eigenvalue weighted by molar-refractivity contribution is 5.82. The Morgan fingerprint density at radius 2 is 1.77 bits per heavy atom. The number of rotatable bonds is 4. The van der Waals surface area contributed by atoms with E-state index in [0.717, 1.165) is 5.56 Å². The molecule has 2 heterocycles. The van der Waals surface area contributed by atoms with Gasteiger partial charge < -0.3 is 20.6 Å². The summed E-state index contributed by atoms with van der Waals surface area (Å²) in [5.74, 6) is -0.752. The molecular weight excluding hydrogens is 332 g/mol. The van der Waals surface area contributed by atoms with Crippen molar-refractivity contribution in [1.29, 1.82) is 0 Å². The number of aromatic hydroxyl groups is 3. The second kappa shape index (κ2) is 6.29. The highest BCUT2D eigenvalue weighted by Gasteiger charge is 2.20.